The molecule has 0 bridgehead atoms. The molecule has 3 aromatic carbocycles. The number of aromatic amines is 1. The molecule has 0 radical (unpaired) electrons. The summed E-state index contributed by atoms with van der Waals surface area (Å²) in [4.78, 5) is 8.46. The largest absolute Gasteiger partial charge is 0.337 e. The van der Waals surface area contributed by atoms with Gasteiger partial charge in [-0.2, -0.15) is 0 Å². The first-order valence-corrected chi connectivity index (χ1v) is 9.48. The van der Waals surface area contributed by atoms with Crippen LogP contribution in [-0.4, -0.2) is 9.97 Å². The Hall–Kier alpha value is -2.17. The van der Waals surface area contributed by atoms with Gasteiger partial charge in [-0.1, -0.05) is 66.7 Å². The average molecular weight is 454 g/mol. The monoisotopic (exact) mass is 452 g/mol. The van der Waals surface area contributed by atoms with Gasteiger partial charge in [0, 0.05) is 25.6 Å². The van der Waals surface area contributed by atoms with E-state index in [4.69, 9.17) is 4.98 Å². The second-order valence-electron chi connectivity index (χ2n) is 5.64. The Bertz CT molecular complexity index is 932. The summed E-state index contributed by atoms with van der Waals surface area (Å²) in [7, 11) is 0. The van der Waals surface area contributed by atoms with Crippen molar-refractivity contribution in [3.63, 3.8) is 0 Å². The van der Waals surface area contributed by atoms with E-state index in [1.807, 2.05) is 54.6 Å². The van der Waals surface area contributed by atoms with E-state index in [2.05, 4.69) is 61.1 Å². The van der Waals surface area contributed by atoms with E-state index >= 15 is 0 Å². The van der Waals surface area contributed by atoms with Gasteiger partial charge in [0.05, 0.1) is 11.4 Å². The summed E-state index contributed by atoms with van der Waals surface area (Å²) in [6.45, 7) is 0. The Morgan fingerprint density at radius 1 is 0.640 bits per heavy atom. The molecule has 0 atom stereocenters. The highest BCUT2D eigenvalue weighted by Crippen LogP contribution is 2.38. The predicted molar refractivity (Wildman–Crippen MR) is 110 cm³/mol. The smallest absolute Gasteiger partial charge is 0.140 e. The first-order valence-electron chi connectivity index (χ1n) is 7.89. The summed E-state index contributed by atoms with van der Waals surface area (Å²) < 4.78 is 1.99. The van der Waals surface area contributed by atoms with Crippen molar-refractivity contribution in [2.45, 2.75) is 0 Å². The van der Waals surface area contributed by atoms with Gasteiger partial charge < -0.3 is 4.98 Å². The molecule has 122 valence electrons. The highest BCUT2D eigenvalue weighted by Gasteiger charge is 2.17. The van der Waals surface area contributed by atoms with Crippen molar-refractivity contribution in [3.05, 3.63) is 87.8 Å². The molecule has 4 aromatic rings. The number of rotatable bonds is 3. The normalized spacial score (nSPS) is 10.8. The number of halogens is 2. The molecule has 0 aliphatic carbocycles. The van der Waals surface area contributed by atoms with Gasteiger partial charge >= 0.3 is 0 Å². The van der Waals surface area contributed by atoms with Crippen molar-refractivity contribution in [1.82, 2.24) is 9.97 Å². The number of hydrogen-bond donors (Lipinski definition) is 1. The summed E-state index contributed by atoms with van der Waals surface area (Å²) in [6.07, 6.45) is 0. The van der Waals surface area contributed by atoms with Gasteiger partial charge in [-0.15, -0.1) is 0 Å². The molecule has 0 saturated heterocycles. The minimum absolute atomic E-state index is 0.831. The molecule has 0 fully saturated rings. The lowest BCUT2D eigenvalue weighted by Gasteiger charge is -2.03. The summed E-state index contributed by atoms with van der Waals surface area (Å²) >= 11 is 7.28. The van der Waals surface area contributed by atoms with Crippen molar-refractivity contribution >= 4 is 31.9 Å². The predicted octanol–water partition coefficient (Wildman–Crippen LogP) is 6.94. The first kappa shape index (κ1) is 16.3. The van der Waals surface area contributed by atoms with Crippen LogP contribution in [0.4, 0.5) is 0 Å². The van der Waals surface area contributed by atoms with Crippen LogP contribution in [0.1, 0.15) is 0 Å². The number of aromatic nitrogens is 2. The lowest BCUT2D eigenvalue weighted by molar-refractivity contribution is 1.29. The number of nitrogens with one attached hydrogen (secondary N) is 1. The Kier molecular flexibility index (Phi) is 4.55. The molecule has 4 rings (SSSR count). The van der Waals surface area contributed by atoms with Gasteiger partial charge in [0.1, 0.15) is 5.82 Å². The van der Waals surface area contributed by atoms with E-state index in [9.17, 15) is 0 Å². The fraction of sp³-hybridized carbons (Fsp3) is 0. The van der Waals surface area contributed by atoms with Gasteiger partial charge in [-0.25, -0.2) is 4.98 Å². The van der Waals surface area contributed by atoms with Crippen molar-refractivity contribution in [3.8, 4) is 33.9 Å². The average Bonchev–Trinajstić information content (AvgIpc) is 3.08. The van der Waals surface area contributed by atoms with Crippen LogP contribution in [0.2, 0.25) is 0 Å². The molecule has 0 aliphatic rings. The van der Waals surface area contributed by atoms with E-state index in [1.54, 1.807) is 0 Å². The molecule has 0 amide bonds. The van der Waals surface area contributed by atoms with Crippen molar-refractivity contribution < 1.29 is 0 Å². The topological polar surface area (TPSA) is 28.7 Å². The standard InChI is InChI=1S/C21H14Br2N2/c22-16-12-7-13-17(23)18(16)21-24-19(14-8-3-1-4-9-14)20(25-21)15-10-5-2-6-11-15/h1-13H,(H,24,25). The minimum atomic E-state index is 0.831. The van der Waals surface area contributed by atoms with E-state index in [1.165, 1.54) is 0 Å². The van der Waals surface area contributed by atoms with Gasteiger partial charge in [0.25, 0.3) is 0 Å². The van der Waals surface area contributed by atoms with Crippen molar-refractivity contribution in [2.24, 2.45) is 0 Å². The third kappa shape index (κ3) is 3.20. The number of imidazole rings is 1. The SMILES string of the molecule is Brc1cccc(Br)c1-c1nc(-c2ccccc2)c(-c2ccccc2)[nH]1. The number of H-pyrrole nitrogens is 1. The van der Waals surface area contributed by atoms with Crippen LogP contribution in [0.25, 0.3) is 33.9 Å². The van der Waals surface area contributed by atoms with Gasteiger partial charge in [0.15, 0.2) is 0 Å². The van der Waals surface area contributed by atoms with E-state index in [-0.39, 0.29) is 0 Å². The second-order valence-corrected chi connectivity index (χ2v) is 7.35. The van der Waals surface area contributed by atoms with E-state index in [0.29, 0.717) is 0 Å². The zero-order chi connectivity index (χ0) is 17.2. The second kappa shape index (κ2) is 6.98. The van der Waals surface area contributed by atoms with Crippen LogP contribution >= 0.6 is 31.9 Å². The highest BCUT2D eigenvalue weighted by atomic mass is 79.9. The van der Waals surface area contributed by atoms with E-state index < -0.39 is 0 Å². The number of hydrogen-bond acceptors (Lipinski definition) is 1. The number of nitrogens with zero attached hydrogens (tertiary/aromatic N) is 1. The van der Waals surface area contributed by atoms with Gasteiger partial charge in [-0.05, 0) is 44.0 Å². The molecule has 0 unspecified atom stereocenters. The quantitative estimate of drug-likeness (QED) is 0.357. The van der Waals surface area contributed by atoms with Crippen LogP contribution in [-0.2, 0) is 0 Å². The summed E-state index contributed by atoms with van der Waals surface area (Å²) in [5.41, 5.74) is 5.19. The Morgan fingerprint density at radius 3 is 1.80 bits per heavy atom. The zero-order valence-corrected chi connectivity index (χ0v) is 16.4. The third-order valence-corrected chi connectivity index (χ3v) is 5.33. The zero-order valence-electron chi connectivity index (χ0n) is 13.2. The summed E-state index contributed by atoms with van der Waals surface area (Å²) in [5.74, 6) is 0.831. The fourth-order valence-electron chi connectivity index (χ4n) is 2.83. The molecule has 4 heteroatoms. The summed E-state index contributed by atoms with van der Waals surface area (Å²) in [5, 5.41) is 0. The molecular weight excluding hydrogens is 440 g/mol. The molecule has 0 aliphatic heterocycles. The van der Waals surface area contributed by atoms with Crippen LogP contribution in [0.3, 0.4) is 0 Å². The van der Waals surface area contributed by atoms with E-state index in [0.717, 1.165) is 42.8 Å². The fourth-order valence-corrected chi connectivity index (χ4v) is 4.21. The van der Waals surface area contributed by atoms with Gasteiger partial charge in [0.2, 0.25) is 0 Å². The molecule has 0 saturated carbocycles. The molecule has 25 heavy (non-hydrogen) atoms. The lowest BCUT2D eigenvalue weighted by atomic mass is 10.1. The molecule has 2 nitrogen and oxygen atoms in total. The molecule has 1 N–H and O–H groups in total. The van der Waals surface area contributed by atoms with Gasteiger partial charge in [-0.3, -0.25) is 0 Å². The molecule has 1 heterocycles. The maximum absolute atomic E-state index is 4.93. The highest BCUT2D eigenvalue weighted by molar-refractivity contribution is 9.11. The Balaban J connectivity index is 1.96. The maximum Gasteiger partial charge on any atom is 0.140 e. The van der Waals surface area contributed by atoms with Crippen molar-refractivity contribution in [1.29, 1.82) is 0 Å². The summed E-state index contributed by atoms with van der Waals surface area (Å²) in [6, 6.07) is 26.6. The lowest BCUT2D eigenvalue weighted by Crippen LogP contribution is -1.85. The maximum atomic E-state index is 4.93. The first-order chi connectivity index (χ1) is 12.2. The van der Waals surface area contributed by atoms with Crippen LogP contribution < -0.4 is 0 Å². The minimum Gasteiger partial charge on any atom is -0.337 e. The van der Waals surface area contributed by atoms with Crippen molar-refractivity contribution in [2.75, 3.05) is 0 Å². The van der Waals surface area contributed by atoms with Crippen LogP contribution in [0.5, 0.6) is 0 Å². The third-order valence-electron chi connectivity index (χ3n) is 4.01. The molecular formula is C21H14Br2N2. The Morgan fingerprint density at radius 2 is 1.20 bits per heavy atom. The Labute approximate surface area is 163 Å². The number of benzene rings is 3. The molecule has 0 spiro atoms. The molecule has 1 aromatic heterocycles. The van der Waals surface area contributed by atoms with Crippen LogP contribution in [0, 0.1) is 0 Å². The van der Waals surface area contributed by atoms with Crippen LogP contribution in [0.15, 0.2) is 87.8 Å².